The van der Waals surface area contributed by atoms with Crippen molar-refractivity contribution in [3.8, 4) is 0 Å². The first-order chi connectivity index (χ1) is 6.72. The van der Waals surface area contributed by atoms with E-state index in [4.69, 9.17) is 11.6 Å². The highest BCUT2D eigenvalue weighted by Gasteiger charge is 2.15. The molecule has 82 valence electrons. The Balaban J connectivity index is 0.000000255. The number of alkyl halides is 1. The minimum Gasteiger partial charge on any atom is -0.346 e. The van der Waals surface area contributed by atoms with Gasteiger partial charge in [-0.05, 0) is 6.42 Å². The van der Waals surface area contributed by atoms with Gasteiger partial charge in [-0.15, -0.1) is 11.6 Å². The SMILES string of the molecule is CCCCCCl.O=C1NCCNC1=O. The highest BCUT2D eigenvalue weighted by molar-refractivity contribution is 6.35. The molecule has 0 atom stereocenters. The van der Waals surface area contributed by atoms with Crippen LogP contribution in [0.5, 0.6) is 0 Å². The summed E-state index contributed by atoms with van der Waals surface area (Å²) in [6.45, 7) is 3.27. The van der Waals surface area contributed by atoms with E-state index < -0.39 is 11.8 Å². The summed E-state index contributed by atoms with van der Waals surface area (Å²) in [5, 5.41) is 4.76. The molecule has 0 saturated carbocycles. The smallest absolute Gasteiger partial charge is 0.309 e. The zero-order chi connectivity index (χ0) is 10.8. The van der Waals surface area contributed by atoms with Gasteiger partial charge in [0.2, 0.25) is 0 Å². The summed E-state index contributed by atoms with van der Waals surface area (Å²) in [5.74, 6) is -0.235. The van der Waals surface area contributed by atoms with Gasteiger partial charge in [0.1, 0.15) is 0 Å². The first kappa shape index (κ1) is 13.2. The number of amides is 2. The minimum absolute atomic E-state index is 0.531. The van der Waals surface area contributed by atoms with Gasteiger partial charge < -0.3 is 10.6 Å². The molecule has 1 heterocycles. The summed E-state index contributed by atoms with van der Waals surface area (Å²) in [6.07, 6.45) is 3.73. The molecule has 0 bridgehead atoms. The summed E-state index contributed by atoms with van der Waals surface area (Å²) in [5.41, 5.74) is 0. The molecule has 0 aliphatic carbocycles. The molecule has 0 spiro atoms. The maximum atomic E-state index is 10.3. The van der Waals surface area contributed by atoms with E-state index in [0.29, 0.717) is 13.1 Å². The summed E-state index contributed by atoms with van der Waals surface area (Å²) in [4.78, 5) is 20.5. The Hall–Kier alpha value is -0.770. The molecule has 0 aromatic heterocycles. The Morgan fingerprint density at radius 1 is 1.14 bits per heavy atom. The summed E-state index contributed by atoms with van der Waals surface area (Å²) in [7, 11) is 0. The van der Waals surface area contributed by atoms with E-state index in [1.54, 1.807) is 0 Å². The maximum absolute atomic E-state index is 10.3. The van der Waals surface area contributed by atoms with Crippen LogP contribution in [0.15, 0.2) is 0 Å². The van der Waals surface area contributed by atoms with Crippen molar-refractivity contribution in [3.63, 3.8) is 0 Å². The molecule has 1 aliphatic rings. The van der Waals surface area contributed by atoms with Gasteiger partial charge in [-0.3, -0.25) is 9.59 Å². The monoisotopic (exact) mass is 220 g/mol. The lowest BCUT2D eigenvalue weighted by Gasteiger charge is -2.10. The largest absolute Gasteiger partial charge is 0.346 e. The molecule has 1 aliphatic heterocycles. The molecule has 0 aromatic rings. The Morgan fingerprint density at radius 3 is 1.86 bits per heavy atom. The van der Waals surface area contributed by atoms with E-state index in [0.717, 1.165) is 5.88 Å². The quantitative estimate of drug-likeness (QED) is 0.417. The normalized spacial score (nSPS) is 15.0. The third kappa shape index (κ3) is 6.71. The van der Waals surface area contributed by atoms with Crippen molar-refractivity contribution in [1.29, 1.82) is 0 Å². The summed E-state index contributed by atoms with van der Waals surface area (Å²) in [6, 6.07) is 0. The number of hydrogen-bond donors (Lipinski definition) is 2. The molecule has 1 saturated heterocycles. The van der Waals surface area contributed by atoms with Crippen LogP contribution in [0.1, 0.15) is 26.2 Å². The number of carbonyl (C=O) groups is 2. The van der Waals surface area contributed by atoms with Crippen molar-refractivity contribution < 1.29 is 9.59 Å². The summed E-state index contributed by atoms with van der Waals surface area (Å²) >= 11 is 5.38. The van der Waals surface area contributed by atoms with Crippen LogP contribution in [-0.4, -0.2) is 30.8 Å². The molecule has 1 rings (SSSR count). The third-order valence-electron chi connectivity index (χ3n) is 1.64. The Labute approximate surface area is 89.4 Å². The second-order valence-corrected chi connectivity index (χ2v) is 3.29. The lowest BCUT2D eigenvalue weighted by molar-refractivity contribution is -0.140. The number of nitrogens with one attached hydrogen (secondary N) is 2. The second kappa shape index (κ2) is 8.81. The highest BCUT2D eigenvalue weighted by Crippen LogP contribution is 1.93. The van der Waals surface area contributed by atoms with E-state index in [1.165, 1.54) is 19.3 Å². The average Bonchev–Trinajstić information content (AvgIpc) is 2.20. The Morgan fingerprint density at radius 2 is 1.64 bits per heavy atom. The number of unbranched alkanes of at least 4 members (excludes halogenated alkanes) is 2. The van der Waals surface area contributed by atoms with Crippen LogP contribution in [0, 0.1) is 0 Å². The van der Waals surface area contributed by atoms with Gasteiger partial charge in [-0.25, -0.2) is 0 Å². The van der Waals surface area contributed by atoms with E-state index in [2.05, 4.69) is 17.6 Å². The molecule has 1 fully saturated rings. The number of hydrogen-bond acceptors (Lipinski definition) is 2. The van der Waals surface area contributed by atoms with Crippen molar-refractivity contribution in [2.75, 3.05) is 19.0 Å². The van der Waals surface area contributed by atoms with Gasteiger partial charge in [0.15, 0.2) is 0 Å². The first-order valence-corrected chi connectivity index (χ1v) is 5.37. The van der Waals surface area contributed by atoms with Gasteiger partial charge in [0.05, 0.1) is 0 Å². The summed E-state index contributed by atoms with van der Waals surface area (Å²) < 4.78 is 0. The minimum atomic E-state index is -0.531. The number of piperazine rings is 1. The fourth-order valence-electron chi connectivity index (χ4n) is 0.857. The van der Waals surface area contributed by atoms with Crippen LogP contribution < -0.4 is 10.6 Å². The van der Waals surface area contributed by atoms with Crippen molar-refractivity contribution in [2.45, 2.75) is 26.2 Å². The Kier molecular flexibility index (Phi) is 8.33. The van der Waals surface area contributed by atoms with Crippen molar-refractivity contribution in [1.82, 2.24) is 10.6 Å². The Bertz CT molecular complexity index is 166. The molecular weight excluding hydrogens is 204 g/mol. The van der Waals surface area contributed by atoms with E-state index >= 15 is 0 Å². The van der Waals surface area contributed by atoms with E-state index in [-0.39, 0.29) is 0 Å². The molecule has 0 radical (unpaired) electrons. The van der Waals surface area contributed by atoms with Crippen molar-refractivity contribution in [3.05, 3.63) is 0 Å². The molecular formula is C9H17ClN2O2. The maximum Gasteiger partial charge on any atom is 0.309 e. The van der Waals surface area contributed by atoms with Crippen LogP contribution in [0.4, 0.5) is 0 Å². The number of halogens is 1. The van der Waals surface area contributed by atoms with Crippen LogP contribution in [-0.2, 0) is 9.59 Å². The second-order valence-electron chi connectivity index (χ2n) is 2.91. The lowest BCUT2D eigenvalue weighted by atomic mass is 10.3. The molecule has 2 N–H and O–H groups in total. The van der Waals surface area contributed by atoms with Crippen LogP contribution in [0.3, 0.4) is 0 Å². The molecule has 4 nitrogen and oxygen atoms in total. The number of carbonyl (C=O) groups excluding carboxylic acids is 2. The van der Waals surface area contributed by atoms with Crippen LogP contribution in [0.2, 0.25) is 0 Å². The predicted octanol–water partition coefficient (Wildman–Crippen LogP) is 0.648. The standard InChI is InChI=1S/C5H11Cl.C4H6N2O2/c1-2-3-4-5-6;7-3-4(8)6-2-1-5-3/h2-5H2,1H3;1-2H2,(H,5,7)(H,6,8). The third-order valence-corrected chi connectivity index (χ3v) is 1.91. The predicted molar refractivity (Wildman–Crippen MR) is 56.3 cm³/mol. The zero-order valence-electron chi connectivity index (χ0n) is 8.44. The molecule has 14 heavy (non-hydrogen) atoms. The molecule has 2 amide bonds. The zero-order valence-corrected chi connectivity index (χ0v) is 9.19. The van der Waals surface area contributed by atoms with Gasteiger partial charge in [-0.2, -0.15) is 0 Å². The molecule has 0 aromatic carbocycles. The van der Waals surface area contributed by atoms with Gasteiger partial charge in [-0.1, -0.05) is 19.8 Å². The fraction of sp³-hybridized carbons (Fsp3) is 0.778. The fourth-order valence-corrected chi connectivity index (χ4v) is 1.05. The lowest BCUT2D eigenvalue weighted by Crippen LogP contribution is -2.49. The van der Waals surface area contributed by atoms with E-state index in [9.17, 15) is 9.59 Å². The van der Waals surface area contributed by atoms with E-state index in [1.807, 2.05) is 0 Å². The molecule has 5 heteroatoms. The van der Waals surface area contributed by atoms with Crippen LogP contribution >= 0.6 is 11.6 Å². The van der Waals surface area contributed by atoms with Gasteiger partial charge in [0, 0.05) is 19.0 Å². The van der Waals surface area contributed by atoms with Crippen LogP contribution in [0.25, 0.3) is 0 Å². The topological polar surface area (TPSA) is 58.2 Å². The van der Waals surface area contributed by atoms with Gasteiger partial charge in [0.25, 0.3) is 0 Å². The number of rotatable bonds is 3. The average molecular weight is 221 g/mol. The highest BCUT2D eigenvalue weighted by atomic mass is 35.5. The van der Waals surface area contributed by atoms with Gasteiger partial charge >= 0.3 is 11.8 Å². The van der Waals surface area contributed by atoms with Crippen molar-refractivity contribution >= 4 is 23.4 Å². The first-order valence-electron chi connectivity index (χ1n) is 4.84. The molecule has 0 unspecified atom stereocenters. The van der Waals surface area contributed by atoms with Crippen molar-refractivity contribution in [2.24, 2.45) is 0 Å².